The van der Waals surface area contributed by atoms with Gasteiger partial charge in [-0.25, -0.2) is 9.69 Å². The Bertz CT molecular complexity index is 990. The summed E-state index contributed by atoms with van der Waals surface area (Å²) in [6.07, 6.45) is 1.26. The number of rotatable bonds is 3. The molecule has 0 aliphatic carbocycles. The van der Waals surface area contributed by atoms with Crippen molar-refractivity contribution < 1.29 is 19.5 Å². The number of nitrogens with one attached hydrogen (secondary N) is 1. The summed E-state index contributed by atoms with van der Waals surface area (Å²) in [7, 11) is 0. The van der Waals surface area contributed by atoms with Gasteiger partial charge in [0.25, 0.3) is 11.8 Å². The highest BCUT2D eigenvalue weighted by Gasteiger charge is 2.36. The van der Waals surface area contributed by atoms with Gasteiger partial charge in [-0.3, -0.25) is 14.9 Å². The van der Waals surface area contributed by atoms with E-state index in [4.69, 9.17) is 23.2 Å². The van der Waals surface area contributed by atoms with Crippen molar-refractivity contribution in [3.63, 3.8) is 0 Å². The Morgan fingerprint density at radius 3 is 2.14 bits per heavy atom. The van der Waals surface area contributed by atoms with E-state index in [-0.39, 0.29) is 21.4 Å². The molecule has 0 unspecified atom stereocenters. The molecule has 0 aromatic heterocycles. The number of imide groups is 2. The van der Waals surface area contributed by atoms with E-state index in [9.17, 15) is 19.5 Å². The first-order valence-corrected chi connectivity index (χ1v) is 9.14. The molecule has 2 aromatic rings. The maximum atomic E-state index is 12.9. The Morgan fingerprint density at radius 2 is 1.61 bits per heavy atom. The van der Waals surface area contributed by atoms with Crippen molar-refractivity contribution in [1.82, 2.24) is 5.32 Å². The van der Waals surface area contributed by atoms with Crippen LogP contribution in [-0.4, -0.2) is 23.0 Å². The van der Waals surface area contributed by atoms with E-state index in [0.717, 1.165) is 10.5 Å². The van der Waals surface area contributed by atoms with Crippen LogP contribution in [0.1, 0.15) is 30.9 Å². The van der Waals surface area contributed by atoms with Crippen molar-refractivity contribution in [2.75, 3.05) is 4.90 Å². The molecule has 8 heteroatoms. The first kappa shape index (κ1) is 19.9. The molecule has 3 rings (SSSR count). The molecule has 0 atom stereocenters. The van der Waals surface area contributed by atoms with Crippen molar-refractivity contribution in [2.45, 2.75) is 19.8 Å². The number of hydrogen-bond donors (Lipinski definition) is 2. The third-order valence-corrected chi connectivity index (χ3v) is 4.85. The first-order valence-electron chi connectivity index (χ1n) is 8.38. The highest BCUT2D eigenvalue weighted by atomic mass is 35.5. The summed E-state index contributed by atoms with van der Waals surface area (Å²) in [6.45, 7) is 4.06. The average molecular weight is 419 g/mol. The lowest BCUT2D eigenvalue weighted by Gasteiger charge is -2.26. The number of nitrogens with zero attached hydrogens (tertiary/aromatic N) is 1. The van der Waals surface area contributed by atoms with E-state index in [2.05, 4.69) is 5.32 Å². The highest BCUT2D eigenvalue weighted by Crippen LogP contribution is 2.34. The van der Waals surface area contributed by atoms with Crippen LogP contribution in [0.5, 0.6) is 5.75 Å². The summed E-state index contributed by atoms with van der Waals surface area (Å²) in [4.78, 5) is 38.2. The van der Waals surface area contributed by atoms with Gasteiger partial charge >= 0.3 is 6.03 Å². The van der Waals surface area contributed by atoms with E-state index < -0.39 is 17.8 Å². The molecule has 1 saturated heterocycles. The SMILES string of the molecule is CC(C)c1ccc(N2C(=O)NC(=O)C(=Cc3cc(Cl)c(O)c(Cl)c3)C2=O)cc1. The van der Waals surface area contributed by atoms with E-state index >= 15 is 0 Å². The average Bonchev–Trinajstić information content (AvgIpc) is 2.63. The largest absolute Gasteiger partial charge is 0.505 e. The third-order valence-electron chi connectivity index (χ3n) is 4.27. The van der Waals surface area contributed by atoms with Gasteiger partial charge in [0, 0.05) is 0 Å². The molecule has 0 spiro atoms. The van der Waals surface area contributed by atoms with Gasteiger partial charge in [-0.1, -0.05) is 49.2 Å². The molecule has 0 saturated carbocycles. The molecule has 28 heavy (non-hydrogen) atoms. The Balaban J connectivity index is 2.00. The van der Waals surface area contributed by atoms with Crippen molar-refractivity contribution in [2.24, 2.45) is 0 Å². The monoisotopic (exact) mass is 418 g/mol. The van der Waals surface area contributed by atoms with E-state index in [1.54, 1.807) is 12.1 Å². The lowest BCUT2D eigenvalue weighted by atomic mass is 10.0. The quantitative estimate of drug-likeness (QED) is 0.567. The summed E-state index contributed by atoms with van der Waals surface area (Å²) in [6, 6.07) is 8.82. The molecule has 2 N–H and O–H groups in total. The lowest BCUT2D eigenvalue weighted by molar-refractivity contribution is -0.122. The van der Waals surface area contributed by atoms with Crippen molar-refractivity contribution >= 4 is 52.8 Å². The first-order chi connectivity index (χ1) is 13.2. The number of urea groups is 1. The van der Waals surface area contributed by atoms with Crippen LogP contribution in [0.2, 0.25) is 10.0 Å². The van der Waals surface area contributed by atoms with E-state index in [1.807, 2.05) is 26.0 Å². The second kappa shape index (κ2) is 7.66. The molecule has 0 radical (unpaired) electrons. The van der Waals surface area contributed by atoms with Gasteiger partial charge in [-0.05, 0) is 47.4 Å². The van der Waals surface area contributed by atoms with Crippen LogP contribution in [0.4, 0.5) is 10.5 Å². The summed E-state index contributed by atoms with van der Waals surface area (Å²) in [5.41, 5.74) is 1.46. The molecule has 0 bridgehead atoms. The fourth-order valence-corrected chi connectivity index (χ4v) is 3.24. The maximum absolute atomic E-state index is 12.9. The Hall–Kier alpha value is -2.83. The molecule has 144 valence electrons. The summed E-state index contributed by atoms with van der Waals surface area (Å²) < 4.78 is 0. The second-order valence-electron chi connectivity index (χ2n) is 6.54. The Labute approximate surface area is 171 Å². The zero-order valence-electron chi connectivity index (χ0n) is 15.0. The zero-order chi connectivity index (χ0) is 20.6. The molecule has 6 nitrogen and oxygen atoms in total. The number of hydrogen-bond acceptors (Lipinski definition) is 4. The minimum atomic E-state index is -0.828. The van der Waals surface area contributed by atoms with Crippen LogP contribution in [0, 0.1) is 0 Å². The number of carbonyl (C=O) groups is 3. The zero-order valence-corrected chi connectivity index (χ0v) is 16.5. The normalized spacial score (nSPS) is 16.1. The van der Waals surface area contributed by atoms with Crippen LogP contribution >= 0.6 is 23.2 Å². The van der Waals surface area contributed by atoms with E-state index in [1.165, 1.54) is 18.2 Å². The summed E-state index contributed by atoms with van der Waals surface area (Å²) in [5, 5.41) is 11.7. The van der Waals surface area contributed by atoms with Gasteiger partial charge < -0.3 is 5.11 Å². The van der Waals surface area contributed by atoms with Crippen molar-refractivity contribution in [3.05, 3.63) is 63.1 Å². The number of benzene rings is 2. The number of phenolic OH excluding ortho intramolecular Hbond substituents is 1. The number of aromatic hydroxyl groups is 1. The number of halogens is 2. The van der Waals surface area contributed by atoms with Gasteiger partial charge in [-0.2, -0.15) is 0 Å². The fourth-order valence-electron chi connectivity index (χ4n) is 2.74. The van der Waals surface area contributed by atoms with Crippen LogP contribution in [-0.2, 0) is 9.59 Å². The molecule has 4 amide bonds. The smallest absolute Gasteiger partial charge is 0.335 e. The summed E-state index contributed by atoms with van der Waals surface area (Å²) >= 11 is 11.8. The van der Waals surface area contributed by atoms with Gasteiger partial charge in [-0.15, -0.1) is 0 Å². The Kier molecular flexibility index (Phi) is 5.45. The minimum Gasteiger partial charge on any atom is -0.505 e. The number of anilines is 1. The van der Waals surface area contributed by atoms with Gasteiger partial charge in [0.05, 0.1) is 15.7 Å². The van der Waals surface area contributed by atoms with Crippen LogP contribution in [0.15, 0.2) is 42.0 Å². The third kappa shape index (κ3) is 3.74. The summed E-state index contributed by atoms with van der Waals surface area (Å²) in [5.74, 6) is -1.61. The highest BCUT2D eigenvalue weighted by molar-refractivity contribution is 6.40. The van der Waals surface area contributed by atoms with Gasteiger partial charge in [0.1, 0.15) is 5.57 Å². The number of phenols is 1. The standard InChI is InChI=1S/C20H16Cl2N2O4/c1-10(2)12-3-5-13(6-4-12)24-19(27)14(18(26)23-20(24)28)7-11-8-15(21)17(25)16(22)9-11/h3-10,25H,1-2H3,(H,23,26,28). The molecule has 1 aliphatic rings. The molecular formula is C20H16Cl2N2O4. The lowest BCUT2D eigenvalue weighted by Crippen LogP contribution is -2.54. The molecule has 1 heterocycles. The van der Waals surface area contributed by atoms with Crippen LogP contribution in [0.3, 0.4) is 0 Å². The molecular weight excluding hydrogens is 403 g/mol. The fraction of sp³-hybridized carbons (Fsp3) is 0.150. The van der Waals surface area contributed by atoms with Crippen LogP contribution in [0.25, 0.3) is 6.08 Å². The number of amides is 4. The molecule has 1 fully saturated rings. The molecule has 2 aromatic carbocycles. The van der Waals surface area contributed by atoms with Crippen molar-refractivity contribution in [1.29, 1.82) is 0 Å². The Morgan fingerprint density at radius 1 is 1.04 bits per heavy atom. The van der Waals surface area contributed by atoms with Crippen molar-refractivity contribution in [3.8, 4) is 5.75 Å². The molecule has 1 aliphatic heterocycles. The topological polar surface area (TPSA) is 86.7 Å². The predicted octanol–water partition coefficient (Wildman–Crippen LogP) is 4.49. The predicted molar refractivity (Wildman–Crippen MR) is 108 cm³/mol. The number of carbonyl (C=O) groups excluding carboxylic acids is 3. The van der Waals surface area contributed by atoms with E-state index in [0.29, 0.717) is 17.2 Å². The maximum Gasteiger partial charge on any atom is 0.335 e. The second-order valence-corrected chi connectivity index (χ2v) is 7.35. The van der Waals surface area contributed by atoms with Gasteiger partial charge in [0.2, 0.25) is 0 Å². The minimum absolute atomic E-state index is 0.0276. The number of barbiturate groups is 1. The van der Waals surface area contributed by atoms with Gasteiger partial charge in [0.15, 0.2) is 5.75 Å². The van der Waals surface area contributed by atoms with Crippen LogP contribution < -0.4 is 10.2 Å².